The van der Waals surface area contributed by atoms with E-state index in [2.05, 4.69) is 26.2 Å². The Balaban J connectivity index is 1.33. The summed E-state index contributed by atoms with van der Waals surface area (Å²) in [5.74, 6) is -2.99. The number of ether oxygens (including phenoxy) is 1. The number of carbonyl (C=O) groups excluding carboxylic acids is 3. The molecule has 1 aromatic heterocycles. The number of halogens is 4. The monoisotopic (exact) mass is 703 g/mol. The van der Waals surface area contributed by atoms with Crippen LogP contribution in [0.1, 0.15) is 27.5 Å². The van der Waals surface area contributed by atoms with Crippen molar-refractivity contribution in [3.63, 3.8) is 0 Å². The summed E-state index contributed by atoms with van der Waals surface area (Å²) in [6.07, 6.45) is -4.57. The number of aryl methyl sites for hydroxylation is 1. The van der Waals surface area contributed by atoms with Crippen LogP contribution in [0.25, 0.3) is 0 Å². The lowest BCUT2D eigenvalue weighted by Crippen LogP contribution is -2.32. The van der Waals surface area contributed by atoms with E-state index in [0.29, 0.717) is 25.6 Å². The Kier molecular flexibility index (Phi) is 7.92. The second-order valence-corrected chi connectivity index (χ2v) is 13.3. The van der Waals surface area contributed by atoms with Gasteiger partial charge in [0.2, 0.25) is 11.8 Å². The molecule has 226 valence electrons. The summed E-state index contributed by atoms with van der Waals surface area (Å²) in [5.41, 5.74) is 0.904. The summed E-state index contributed by atoms with van der Waals surface area (Å²) in [7, 11) is 0. The number of fused-ring (bicyclic) bond motifs is 2. The highest BCUT2D eigenvalue weighted by molar-refractivity contribution is 9.10. The van der Waals surface area contributed by atoms with E-state index in [0.717, 1.165) is 40.8 Å². The number of H-pyrrole nitrogens is 1. The van der Waals surface area contributed by atoms with Crippen molar-refractivity contribution in [2.75, 3.05) is 16.8 Å². The van der Waals surface area contributed by atoms with Crippen molar-refractivity contribution in [2.24, 2.45) is 5.92 Å². The highest BCUT2D eigenvalue weighted by Crippen LogP contribution is 2.54. The molecule has 8 nitrogen and oxygen atoms in total. The summed E-state index contributed by atoms with van der Waals surface area (Å²) < 4.78 is 45.8. The van der Waals surface area contributed by atoms with E-state index in [4.69, 9.17) is 4.74 Å². The minimum atomic E-state index is -4.57. The maximum absolute atomic E-state index is 14.0. The number of rotatable bonds is 6. The van der Waals surface area contributed by atoms with Crippen molar-refractivity contribution >= 4 is 68.1 Å². The molecule has 6 rings (SSSR count). The van der Waals surface area contributed by atoms with Crippen LogP contribution in [-0.2, 0) is 20.6 Å². The lowest BCUT2D eigenvalue weighted by atomic mass is 9.82. The first kappa shape index (κ1) is 30.2. The molecule has 3 aromatic carbocycles. The van der Waals surface area contributed by atoms with Gasteiger partial charge in [-0.2, -0.15) is 13.2 Å². The molecule has 0 radical (unpaired) electrons. The number of nitrogens with zero attached hydrogens (tertiary/aromatic N) is 1. The maximum Gasteiger partial charge on any atom is 0.416 e. The fourth-order valence-electron chi connectivity index (χ4n) is 5.31. The van der Waals surface area contributed by atoms with E-state index in [-0.39, 0.29) is 16.3 Å². The van der Waals surface area contributed by atoms with Crippen LogP contribution in [0, 0.1) is 12.8 Å². The molecule has 4 aromatic rings. The number of anilines is 2. The van der Waals surface area contributed by atoms with Crippen LogP contribution in [0.2, 0.25) is 0 Å². The average Bonchev–Trinajstić information content (AvgIpc) is 3.46. The van der Waals surface area contributed by atoms with Gasteiger partial charge in [-0.05, 0) is 55.5 Å². The molecule has 3 unspecified atom stereocenters. The van der Waals surface area contributed by atoms with Gasteiger partial charge in [0.15, 0.2) is 6.61 Å². The molecule has 14 heteroatoms. The van der Waals surface area contributed by atoms with E-state index >= 15 is 0 Å². The largest absolute Gasteiger partial charge is 0.483 e. The van der Waals surface area contributed by atoms with Gasteiger partial charge >= 0.3 is 11.0 Å². The Labute approximate surface area is 264 Å². The molecule has 0 aliphatic carbocycles. The number of carbonyl (C=O) groups is 3. The highest BCUT2D eigenvalue weighted by atomic mass is 79.9. The maximum atomic E-state index is 14.0. The van der Waals surface area contributed by atoms with E-state index in [9.17, 15) is 32.3 Å². The fourth-order valence-corrected chi connectivity index (χ4v) is 8.19. The third kappa shape index (κ3) is 5.69. The van der Waals surface area contributed by atoms with Crippen molar-refractivity contribution < 1.29 is 32.3 Å². The SMILES string of the molecule is Cc1ccc(N2C(=O)C3Sc4[nH]c(=O)sc4C(c4cc(Br)ccc4OCC(=O)Nc4cccc(C(F)(F)F)c4)C3C2=O)cc1. The van der Waals surface area contributed by atoms with Gasteiger partial charge in [-0.3, -0.25) is 19.2 Å². The van der Waals surface area contributed by atoms with Gasteiger partial charge in [-0.25, -0.2) is 4.90 Å². The zero-order chi connectivity index (χ0) is 31.3. The molecular weight excluding hydrogens is 683 g/mol. The molecule has 3 amide bonds. The minimum absolute atomic E-state index is 0.0513. The molecule has 3 atom stereocenters. The van der Waals surface area contributed by atoms with Gasteiger partial charge in [0, 0.05) is 26.5 Å². The molecule has 1 fully saturated rings. The van der Waals surface area contributed by atoms with Gasteiger partial charge < -0.3 is 15.0 Å². The standard InChI is InChI=1S/C30H21BrF3N3O5S2/c1-14-5-8-18(9-6-14)37-27(39)23-22(24-26(36-29(41)44-24)43-25(23)28(37)40)19-12-16(31)7-10-20(19)42-13-21(38)35-17-4-2-3-15(11-17)30(32,33)34/h2-12,22-23,25H,13H2,1H3,(H,35,38)(H,36,41). The lowest BCUT2D eigenvalue weighted by Gasteiger charge is -2.31. The number of nitrogens with one attached hydrogen (secondary N) is 2. The number of benzene rings is 3. The molecule has 1 saturated heterocycles. The topological polar surface area (TPSA) is 109 Å². The van der Waals surface area contributed by atoms with E-state index < -0.39 is 53.2 Å². The molecule has 2 aliphatic rings. The zero-order valence-electron chi connectivity index (χ0n) is 22.6. The molecular formula is C30H21BrF3N3O5S2. The van der Waals surface area contributed by atoms with Gasteiger partial charge in [0.1, 0.15) is 11.0 Å². The molecule has 2 aliphatic heterocycles. The van der Waals surface area contributed by atoms with Gasteiger partial charge in [0.25, 0.3) is 5.91 Å². The zero-order valence-corrected chi connectivity index (χ0v) is 25.8. The summed E-state index contributed by atoms with van der Waals surface area (Å²) in [4.78, 5) is 57.1. The van der Waals surface area contributed by atoms with Crippen LogP contribution < -0.4 is 19.8 Å². The van der Waals surface area contributed by atoms with Gasteiger partial charge in [-0.15, -0.1) is 0 Å². The van der Waals surface area contributed by atoms with E-state index in [1.54, 1.807) is 30.3 Å². The number of amides is 3. The highest BCUT2D eigenvalue weighted by Gasteiger charge is 2.56. The Hall–Kier alpha value is -3.88. The normalized spacial score (nSPS) is 19.5. The predicted octanol–water partition coefficient (Wildman–Crippen LogP) is 6.34. The number of hydrogen-bond donors (Lipinski definition) is 2. The molecule has 3 heterocycles. The number of aromatic nitrogens is 1. The number of thioether (sulfide) groups is 1. The first-order chi connectivity index (χ1) is 20.9. The van der Waals surface area contributed by atoms with Crippen molar-refractivity contribution in [3.8, 4) is 5.75 Å². The van der Waals surface area contributed by atoms with Crippen LogP contribution in [0.5, 0.6) is 5.75 Å². The Morgan fingerprint density at radius 3 is 2.52 bits per heavy atom. The number of hydrogen-bond acceptors (Lipinski definition) is 7. The molecule has 44 heavy (non-hydrogen) atoms. The third-order valence-electron chi connectivity index (χ3n) is 7.26. The van der Waals surface area contributed by atoms with Crippen molar-refractivity contribution in [2.45, 2.75) is 29.3 Å². The number of imide groups is 1. The van der Waals surface area contributed by atoms with Gasteiger partial charge in [-0.1, -0.05) is 62.8 Å². The van der Waals surface area contributed by atoms with Crippen LogP contribution in [0.4, 0.5) is 24.5 Å². The molecule has 0 spiro atoms. The smallest absolute Gasteiger partial charge is 0.416 e. The predicted molar refractivity (Wildman–Crippen MR) is 163 cm³/mol. The van der Waals surface area contributed by atoms with Gasteiger partial charge in [0.05, 0.1) is 22.2 Å². The van der Waals surface area contributed by atoms with Crippen molar-refractivity contribution in [1.82, 2.24) is 4.98 Å². The summed E-state index contributed by atoms with van der Waals surface area (Å²) >= 11 is 5.52. The van der Waals surface area contributed by atoms with Crippen LogP contribution in [-0.4, -0.2) is 34.6 Å². The lowest BCUT2D eigenvalue weighted by molar-refractivity contribution is -0.137. The van der Waals surface area contributed by atoms with Crippen LogP contribution in [0.15, 0.2) is 81.0 Å². The first-order valence-electron chi connectivity index (χ1n) is 13.1. The third-order valence-corrected chi connectivity index (χ3v) is 10.1. The molecule has 0 bridgehead atoms. The van der Waals surface area contributed by atoms with E-state index in [1.165, 1.54) is 17.0 Å². The molecule has 0 saturated carbocycles. The second kappa shape index (κ2) is 11.6. The van der Waals surface area contributed by atoms with Crippen LogP contribution in [0.3, 0.4) is 0 Å². The number of thiazole rings is 1. The van der Waals surface area contributed by atoms with Crippen LogP contribution >= 0.6 is 39.0 Å². The van der Waals surface area contributed by atoms with E-state index in [1.807, 2.05) is 19.1 Å². The fraction of sp³-hybridized carbons (Fsp3) is 0.200. The quantitative estimate of drug-likeness (QED) is 0.227. The summed E-state index contributed by atoms with van der Waals surface area (Å²) in [5, 5.41) is 2.05. The summed E-state index contributed by atoms with van der Waals surface area (Å²) in [6.45, 7) is 1.34. The van der Waals surface area contributed by atoms with Crippen molar-refractivity contribution in [3.05, 3.63) is 102 Å². The van der Waals surface area contributed by atoms with Crippen molar-refractivity contribution in [1.29, 1.82) is 0 Å². The second-order valence-electron chi connectivity index (χ2n) is 10.2. The number of alkyl halides is 3. The Bertz CT molecular complexity index is 1860. The minimum Gasteiger partial charge on any atom is -0.483 e. The first-order valence-corrected chi connectivity index (χ1v) is 15.6. The molecule has 2 N–H and O–H groups in total. The Morgan fingerprint density at radius 1 is 1.05 bits per heavy atom. The average molecular weight is 705 g/mol. The Morgan fingerprint density at radius 2 is 1.80 bits per heavy atom. The summed E-state index contributed by atoms with van der Waals surface area (Å²) in [6, 6.07) is 16.2. The number of aromatic amines is 1.